The van der Waals surface area contributed by atoms with E-state index in [-0.39, 0.29) is 29.4 Å². The maximum atomic E-state index is 13.6. The number of benzene rings is 1. The number of hydrogen-bond donors (Lipinski definition) is 4. The van der Waals surface area contributed by atoms with Gasteiger partial charge in [-0.25, -0.2) is 9.18 Å². The summed E-state index contributed by atoms with van der Waals surface area (Å²) in [7, 11) is 1.50. The number of nitrogens with one attached hydrogen (secondary N) is 2. The molecular weight excluding hydrogens is 269 g/mol. The Balaban J connectivity index is 2.66. The maximum Gasteiger partial charge on any atom is 0.337 e. The molecule has 0 fully saturated rings. The van der Waals surface area contributed by atoms with Crippen LogP contribution >= 0.6 is 0 Å². The van der Waals surface area contributed by atoms with E-state index in [4.69, 9.17) is 15.6 Å². The first-order valence-corrected chi connectivity index (χ1v) is 5.77. The van der Waals surface area contributed by atoms with Crippen molar-refractivity contribution < 1.29 is 23.8 Å². The van der Waals surface area contributed by atoms with Crippen LogP contribution in [0.25, 0.3) is 0 Å². The molecule has 0 radical (unpaired) electrons. The highest BCUT2D eigenvalue weighted by atomic mass is 19.1. The number of carboxylic acid groups (broad SMARTS) is 1. The van der Waals surface area contributed by atoms with Crippen molar-refractivity contribution in [3.63, 3.8) is 0 Å². The summed E-state index contributed by atoms with van der Waals surface area (Å²) in [4.78, 5) is 22.3. The van der Waals surface area contributed by atoms with E-state index in [1.807, 2.05) is 0 Å². The van der Waals surface area contributed by atoms with E-state index in [1.54, 1.807) is 0 Å². The summed E-state index contributed by atoms with van der Waals surface area (Å²) in [5.74, 6) is -2.36. The Hall–Kier alpha value is -2.35. The molecule has 0 aliphatic rings. The van der Waals surface area contributed by atoms with E-state index < -0.39 is 11.8 Å². The number of hydrogen-bond acceptors (Lipinski definition) is 5. The lowest BCUT2D eigenvalue weighted by atomic mass is 10.1. The van der Waals surface area contributed by atoms with Crippen LogP contribution < -0.4 is 16.4 Å². The standard InChI is InChI=1S/C12H16FN3O4/c1-20-3-2-15-11(17)6-16-10-4-7(12(18)19)9(14)5-8(10)13/h4-5,16H,2-3,6,14H2,1H3,(H,15,17)(H,18,19). The monoisotopic (exact) mass is 285 g/mol. The van der Waals surface area contributed by atoms with Crippen LogP contribution in [0.4, 0.5) is 15.8 Å². The fourth-order valence-electron chi connectivity index (χ4n) is 1.44. The number of halogens is 1. The first-order chi connectivity index (χ1) is 9.45. The molecule has 5 N–H and O–H groups in total. The van der Waals surface area contributed by atoms with Crippen LogP contribution in [-0.2, 0) is 9.53 Å². The molecule has 0 heterocycles. The number of carbonyl (C=O) groups excluding carboxylic acids is 1. The number of anilines is 2. The van der Waals surface area contributed by atoms with Crippen molar-refractivity contribution in [2.45, 2.75) is 0 Å². The normalized spacial score (nSPS) is 10.1. The summed E-state index contributed by atoms with van der Waals surface area (Å²) in [6, 6.07) is 1.95. The Morgan fingerprint density at radius 3 is 2.75 bits per heavy atom. The van der Waals surface area contributed by atoms with Gasteiger partial charge in [0.2, 0.25) is 5.91 Å². The molecule has 7 nitrogen and oxygen atoms in total. The lowest BCUT2D eigenvalue weighted by molar-refractivity contribution is -0.119. The Labute approximate surface area is 114 Å². The smallest absolute Gasteiger partial charge is 0.337 e. The van der Waals surface area contributed by atoms with E-state index >= 15 is 0 Å². The predicted molar refractivity (Wildman–Crippen MR) is 71.1 cm³/mol. The first kappa shape index (κ1) is 15.7. The molecule has 0 spiro atoms. The number of carbonyl (C=O) groups is 2. The zero-order chi connectivity index (χ0) is 15.1. The van der Waals surface area contributed by atoms with Gasteiger partial charge in [-0.2, -0.15) is 0 Å². The summed E-state index contributed by atoms with van der Waals surface area (Å²) in [5, 5.41) is 13.9. The number of carboxylic acids is 1. The number of amides is 1. The molecule has 0 aliphatic carbocycles. The number of nitrogen functional groups attached to an aromatic ring is 1. The largest absolute Gasteiger partial charge is 0.478 e. The van der Waals surface area contributed by atoms with E-state index in [9.17, 15) is 14.0 Å². The van der Waals surface area contributed by atoms with Gasteiger partial charge in [-0.05, 0) is 12.1 Å². The van der Waals surface area contributed by atoms with Crippen molar-refractivity contribution >= 4 is 23.3 Å². The molecule has 0 aromatic heterocycles. The zero-order valence-corrected chi connectivity index (χ0v) is 10.9. The van der Waals surface area contributed by atoms with Gasteiger partial charge in [0.05, 0.1) is 24.4 Å². The van der Waals surface area contributed by atoms with Crippen molar-refractivity contribution in [3.05, 3.63) is 23.5 Å². The molecule has 0 atom stereocenters. The van der Waals surface area contributed by atoms with Crippen LogP contribution in [-0.4, -0.2) is 43.8 Å². The number of methoxy groups -OCH3 is 1. The SMILES string of the molecule is COCCNC(=O)CNc1cc(C(=O)O)c(N)cc1F. The van der Waals surface area contributed by atoms with Crippen LogP contribution in [0.2, 0.25) is 0 Å². The van der Waals surface area contributed by atoms with Gasteiger partial charge in [-0.1, -0.05) is 0 Å². The van der Waals surface area contributed by atoms with Crippen LogP contribution in [0.15, 0.2) is 12.1 Å². The van der Waals surface area contributed by atoms with Gasteiger partial charge in [-0.15, -0.1) is 0 Å². The van der Waals surface area contributed by atoms with Crippen LogP contribution in [0.3, 0.4) is 0 Å². The van der Waals surface area contributed by atoms with Gasteiger partial charge in [0.25, 0.3) is 0 Å². The molecule has 1 amide bonds. The van der Waals surface area contributed by atoms with Crippen LogP contribution in [0.1, 0.15) is 10.4 Å². The van der Waals surface area contributed by atoms with Crippen molar-refractivity contribution in [2.24, 2.45) is 0 Å². The van der Waals surface area contributed by atoms with Crippen molar-refractivity contribution in [1.82, 2.24) is 5.32 Å². The minimum Gasteiger partial charge on any atom is -0.478 e. The third-order valence-corrected chi connectivity index (χ3v) is 2.44. The average molecular weight is 285 g/mol. The molecule has 0 aliphatic heterocycles. The van der Waals surface area contributed by atoms with Crippen LogP contribution in [0.5, 0.6) is 0 Å². The van der Waals surface area contributed by atoms with Crippen molar-refractivity contribution in [2.75, 3.05) is 37.9 Å². The van der Waals surface area contributed by atoms with E-state index in [2.05, 4.69) is 10.6 Å². The van der Waals surface area contributed by atoms with Gasteiger partial charge in [-0.3, -0.25) is 4.79 Å². The second kappa shape index (κ2) is 7.29. The van der Waals surface area contributed by atoms with Gasteiger partial charge in [0, 0.05) is 19.3 Å². The molecule has 20 heavy (non-hydrogen) atoms. The molecule has 1 rings (SSSR count). The highest BCUT2D eigenvalue weighted by Crippen LogP contribution is 2.22. The van der Waals surface area contributed by atoms with Crippen LogP contribution in [0, 0.1) is 5.82 Å². The van der Waals surface area contributed by atoms with E-state index in [0.29, 0.717) is 13.2 Å². The second-order valence-corrected chi connectivity index (χ2v) is 3.92. The van der Waals surface area contributed by atoms with Gasteiger partial charge >= 0.3 is 5.97 Å². The lowest BCUT2D eigenvalue weighted by Gasteiger charge is -2.10. The number of nitrogens with two attached hydrogens (primary N) is 1. The molecule has 110 valence electrons. The zero-order valence-electron chi connectivity index (χ0n) is 10.9. The molecule has 0 saturated heterocycles. The summed E-state index contributed by atoms with van der Waals surface area (Å²) in [5.41, 5.74) is 4.88. The van der Waals surface area contributed by atoms with E-state index in [0.717, 1.165) is 12.1 Å². The molecule has 0 unspecified atom stereocenters. The quantitative estimate of drug-likeness (QED) is 0.423. The lowest BCUT2D eigenvalue weighted by Crippen LogP contribution is -2.32. The summed E-state index contributed by atoms with van der Waals surface area (Å²) >= 11 is 0. The summed E-state index contributed by atoms with van der Waals surface area (Å²) < 4.78 is 18.3. The highest BCUT2D eigenvalue weighted by molar-refractivity contribution is 5.95. The minimum absolute atomic E-state index is 0.0986. The maximum absolute atomic E-state index is 13.6. The Morgan fingerprint density at radius 1 is 1.45 bits per heavy atom. The van der Waals surface area contributed by atoms with Gasteiger partial charge in [0.1, 0.15) is 5.82 Å². The third kappa shape index (κ3) is 4.39. The highest BCUT2D eigenvalue weighted by Gasteiger charge is 2.13. The van der Waals surface area contributed by atoms with Gasteiger partial charge in [0.15, 0.2) is 0 Å². The molecule has 0 bridgehead atoms. The number of rotatable bonds is 7. The minimum atomic E-state index is -1.27. The number of aromatic carboxylic acids is 1. The molecule has 1 aromatic rings. The molecule has 8 heteroatoms. The Kier molecular flexibility index (Phi) is 5.73. The molecule has 1 aromatic carbocycles. The summed E-state index contributed by atoms with van der Waals surface area (Å²) in [6.45, 7) is 0.510. The molecular formula is C12H16FN3O4. The van der Waals surface area contributed by atoms with Crippen molar-refractivity contribution in [1.29, 1.82) is 0 Å². The average Bonchev–Trinajstić information content (AvgIpc) is 2.37. The Bertz CT molecular complexity index is 508. The second-order valence-electron chi connectivity index (χ2n) is 3.92. The fraction of sp³-hybridized carbons (Fsp3) is 0.333. The number of ether oxygens (including phenoxy) is 1. The van der Waals surface area contributed by atoms with E-state index in [1.165, 1.54) is 7.11 Å². The topological polar surface area (TPSA) is 114 Å². The third-order valence-electron chi connectivity index (χ3n) is 2.44. The van der Waals surface area contributed by atoms with Crippen molar-refractivity contribution in [3.8, 4) is 0 Å². The molecule has 0 saturated carbocycles. The Morgan fingerprint density at radius 2 is 2.15 bits per heavy atom. The predicted octanol–water partition coefficient (Wildman–Crippen LogP) is 0.281. The summed E-state index contributed by atoms with van der Waals surface area (Å²) in [6.07, 6.45) is 0. The fourth-order valence-corrected chi connectivity index (χ4v) is 1.44. The first-order valence-electron chi connectivity index (χ1n) is 5.77. The van der Waals surface area contributed by atoms with Gasteiger partial charge < -0.3 is 26.2 Å².